The maximum absolute atomic E-state index is 9.97. The summed E-state index contributed by atoms with van der Waals surface area (Å²) in [5, 5.41) is 19.4. The third kappa shape index (κ3) is 2.31. The topological polar surface area (TPSA) is 52.9 Å². The molecule has 1 saturated heterocycles. The summed E-state index contributed by atoms with van der Waals surface area (Å²) in [5.41, 5.74) is 1.78. The molecule has 1 aromatic rings. The molecule has 0 aromatic heterocycles. The maximum atomic E-state index is 9.97. The number of methoxy groups -OCH3 is 1. The van der Waals surface area contributed by atoms with Crippen molar-refractivity contribution in [1.29, 1.82) is 0 Å². The average Bonchev–Trinajstić information content (AvgIpc) is 2.85. The molecular formula is C14H21NO3. The van der Waals surface area contributed by atoms with Gasteiger partial charge in [-0.2, -0.15) is 0 Å². The van der Waals surface area contributed by atoms with Crippen molar-refractivity contribution in [2.24, 2.45) is 0 Å². The fourth-order valence-electron chi connectivity index (χ4n) is 2.72. The molecule has 1 heterocycles. The number of hydrogen-bond acceptors (Lipinski definition) is 4. The molecule has 0 bridgehead atoms. The Morgan fingerprint density at radius 3 is 2.89 bits per heavy atom. The normalized spacial score (nSPS) is 21.1. The van der Waals surface area contributed by atoms with E-state index in [2.05, 4.69) is 4.90 Å². The first-order valence-corrected chi connectivity index (χ1v) is 6.41. The molecular weight excluding hydrogens is 230 g/mol. The number of aliphatic hydroxyl groups excluding tert-OH is 2. The molecule has 0 aliphatic carbocycles. The van der Waals surface area contributed by atoms with Crippen LogP contribution in [-0.2, 0) is 0 Å². The van der Waals surface area contributed by atoms with Crippen LogP contribution < -0.4 is 9.64 Å². The lowest BCUT2D eigenvalue weighted by atomic mass is 10.0. The van der Waals surface area contributed by atoms with Gasteiger partial charge < -0.3 is 19.8 Å². The summed E-state index contributed by atoms with van der Waals surface area (Å²) in [6.45, 7) is 2.81. The van der Waals surface area contributed by atoms with Gasteiger partial charge in [-0.1, -0.05) is 6.07 Å². The van der Waals surface area contributed by atoms with Gasteiger partial charge in [-0.25, -0.2) is 0 Å². The molecule has 1 aliphatic rings. The van der Waals surface area contributed by atoms with Crippen LogP contribution in [-0.4, -0.2) is 36.5 Å². The number of benzene rings is 1. The van der Waals surface area contributed by atoms with Gasteiger partial charge in [0.05, 0.1) is 25.9 Å². The minimum atomic E-state index is -0.587. The highest BCUT2D eigenvalue weighted by molar-refractivity contribution is 5.61. The van der Waals surface area contributed by atoms with E-state index in [1.54, 1.807) is 14.0 Å². The molecule has 4 nitrogen and oxygen atoms in total. The smallest absolute Gasteiger partial charge is 0.126 e. The van der Waals surface area contributed by atoms with Crippen molar-refractivity contribution >= 4 is 5.69 Å². The van der Waals surface area contributed by atoms with E-state index in [0.717, 1.165) is 30.6 Å². The van der Waals surface area contributed by atoms with E-state index >= 15 is 0 Å². The molecule has 1 aliphatic heterocycles. The predicted molar refractivity (Wildman–Crippen MR) is 71.1 cm³/mol. The van der Waals surface area contributed by atoms with Crippen LogP contribution in [0.3, 0.4) is 0 Å². The second kappa shape index (κ2) is 5.59. The second-order valence-electron chi connectivity index (χ2n) is 4.74. The second-order valence-corrected chi connectivity index (χ2v) is 4.74. The summed E-state index contributed by atoms with van der Waals surface area (Å²) in [6, 6.07) is 5.91. The predicted octanol–water partition coefficient (Wildman–Crippen LogP) is 1.71. The van der Waals surface area contributed by atoms with Crippen LogP contribution >= 0.6 is 0 Å². The van der Waals surface area contributed by atoms with E-state index in [-0.39, 0.29) is 12.6 Å². The van der Waals surface area contributed by atoms with Gasteiger partial charge in [0.15, 0.2) is 0 Å². The molecule has 0 radical (unpaired) electrons. The Kier molecular flexibility index (Phi) is 4.09. The minimum Gasteiger partial charge on any atom is -0.496 e. The summed E-state index contributed by atoms with van der Waals surface area (Å²) in [4.78, 5) is 2.17. The van der Waals surface area contributed by atoms with Gasteiger partial charge >= 0.3 is 0 Å². The Morgan fingerprint density at radius 2 is 2.28 bits per heavy atom. The summed E-state index contributed by atoms with van der Waals surface area (Å²) in [5.74, 6) is 0.700. The Bertz CT molecular complexity index is 406. The first-order valence-electron chi connectivity index (χ1n) is 6.41. The molecule has 100 valence electrons. The Labute approximate surface area is 108 Å². The van der Waals surface area contributed by atoms with E-state index in [0.29, 0.717) is 5.75 Å². The highest BCUT2D eigenvalue weighted by Gasteiger charge is 2.27. The van der Waals surface area contributed by atoms with E-state index in [9.17, 15) is 10.2 Å². The van der Waals surface area contributed by atoms with Crippen molar-refractivity contribution in [3.63, 3.8) is 0 Å². The van der Waals surface area contributed by atoms with Gasteiger partial charge in [0, 0.05) is 17.8 Å². The van der Waals surface area contributed by atoms with Crippen LogP contribution in [0.1, 0.15) is 31.4 Å². The summed E-state index contributed by atoms with van der Waals surface area (Å²) in [7, 11) is 1.61. The molecule has 1 unspecified atom stereocenters. The standard InChI is InChI=1S/C14H21NO3/c1-10(17)14-12(6-3-7-13(14)18-2)15-8-4-5-11(15)9-16/h3,6-7,10-11,16-17H,4-5,8-9H2,1-2H3/t10-,11?/m0/s1. The van der Waals surface area contributed by atoms with Gasteiger partial charge in [-0.3, -0.25) is 0 Å². The van der Waals surface area contributed by atoms with Gasteiger partial charge in [0.25, 0.3) is 0 Å². The minimum absolute atomic E-state index is 0.148. The number of aliphatic hydroxyl groups is 2. The first kappa shape index (κ1) is 13.2. The number of ether oxygens (including phenoxy) is 1. The monoisotopic (exact) mass is 251 g/mol. The molecule has 0 spiro atoms. The van der Waals surface area contributed by atoms with Crippen LogP contribution in [0.4, 0.5) is 5.69 Å². The number of rotatable bonds is 4. The molecule has 1 aromatic carbocycles. The number of hydrogen-bond donors (Lipinski definition) is 2. The summed E-state index contributed by atoms with van der Waals surface area (Å²) >= 11 is 0. The highest BCUT2D eigenvalue weighted by atomic mass is 16.5. The molecule has 4 heteroatoms. The fraction of sp³-hybridized carbons (Fsp3) is 0.571. The third-order valence-corrected chi connectivity index (χ3v) is 3.58. The van der Waals surface area contributed by atoms with Crippen molar-refractivity contribution in [2.75, 3.05) is 25.2 Å². The Balaban J connectivity index is 2.43. The van der Waals surface area contributed by atoms with Crippen molar-refractivity contribution in [3.05, 3.63) is 23.8 Å². The SMILES string of the molecule is COc1cccc(N2CCCC2CO)c1[C@H](C)O. The van der Waals surface area contributed by atoms with Crippen molar-refractivity contribution in [3.8, 4) is 5.75 Å². The van der Waals surface area contributed by atoms with Crippen LogP contribution in [0, 0.1) is 0 Å². The van der Waals surface area contributed by atoms with Crippen molar-refractivity contribution < 1.29 is 14.9 Å². The quantitative estimate of drug-likeness (QED) is 0.855. The largest absolute Gasteiger partial charge is 0.496 e. The van der Waals surface area contributed by atoms with Crippen LogP contribution in [0.15, 0.2) is 18.2 Å². The number of anilines is 1. The average molecular weight is 251 g/mol. The zero-order valence-electron chi connectivity index (χ0n) is 11.0. The van der Waals surface area contributed by atoms with Crippen molar-refractivity contribution in [1.82, 2.24) is 0 Å². The number of nitrogens with zero attached hydrogens (tertiary/aromatic N) is 1. The van der Waals surface area contributed by atoms with Gasteiger partial charge in [-0.15, -0.1) is 0 Å². The van der Waals surface area contributed by atoms with Gasteiger partial charge in [0.1, 0.15) is 5.75 Å². The van der Waals surface area contributed by atoms with E-state index in [4.69, 9.17) is 4.74 Å². The Morgan fingerprint density at radius 1 is 1.50 bits per heavy atom. The lowest BCUT2D eigenvalue weighted by Crippen LogP contribution is -2.33. The van der Waals surface area contributed by atoms with Gasteiger partial charge in [-0.05, 0) is 31.9 Å². The van der Waals surface area contributed by atoms with Crippen LogP contribution in [0.5, 0.6) is 5.75 Å². The maximum Gasteiger partial charge on any atom is 0.126 e. The zero-order valence-corrected chi connectivity index (χ0v) is 11.0. The highest BCUT2D eigenvalue weighted by Crippen LogP contribution is 2.37. The molecule has 1 fully saturated rings. The van der Waals surface area contributed by atoms with Crippen molar-refractivity contribution in [2.45, 2.75) is 31.9 Å². The molecule has 0 saturated carbocycles. The van der Waals surface area contributed by atoms with Crippen LogP contribution in [0.25, 0.3) is 0 Å². The van der Waals surface area contributed by atoms with E-state index in [1.165, 1.54) is 0 Å². The third-order valence-electron chi connectivity index (χ3n) is 3.58. The Hall–Kier alpha value is -1.26. The lowest BCUT2D eigenvalue weighted by molar-refractivity contribution is 0.194. The molecule has 0 amide bonds. The molecule has 2 rings (SSSR count). The van der Waals surface area contributed by atoms with Crippen LogP contribution in [0.2, 0.25) is 0 Å². The summed E-state index contributed by atoms with van der Waals surface area (Å²) in [6.07, 6.45) is 1.48. The summed E-state index contributed by atoms with van der Waals surface area (Å²) < 4.78 is 5.33. The van der Waals surface area contributed by atoms with E-state index < -0.39 is 6.10 Å². The van der Waals surface area contributed by atoms with Gasteiger partial charge in [0.2, 0.25) is 0 Å². The molecule has 2 atom stereocenters. The van der Waals surface area contributed by atoms with E-state index in [1.807, 2.05) is 18.2 Å². The first-order chi connectivity index (χ1) is 8.69. The lowest BCUT2D eigenvalue weighted by Gasteiger charge is -2.29. The molecule has 2 N–H and O–H groups in total. The fourth-order valence-corrected chi connectivity index (χ4v) is 2.72. The zero-order chi connectivity index (χ0) is 13.1. The molecule has 18 heavy (non-hydrogen) atoms.